The van der Waals surface area contributed by atoms with Gasteiger partial charge in [-0.3, -0.25) is 0 Å². The Labute approximate surface area is 153 Å². The Balaban J connectivity index is 1.78. The van der Waals surface area contributed by atoms with E-state index in [9.17, 15) is 9.59 Å². The van der Waals surface area contributed by atoms with Gasteiger partial charge in [-0.05, 0) is 30.5 Å². The number of carbonyl (C=O) groups is 2. The van der Waals surface area contributed by atoms with Crippen LogP contribution in [0.15, 0.2) is 54.6 Å². The fraction of sp³-hybridized carbons (Fsp3) is 0.238. The molecule has 1 N–H and O–H groups in total. The average Bonchev–Trinajstić information content (AvgIpc) is 2.66. The van der Waals surface area contributed by atoms with Crippen LogP contribution in [0, 0.1) is 6.92 Å². The summed E-state index contributed by atoms with van der Waals surface area (Å²) in [5.74, 6) is -0.368. The van der Waals surface area contributed by atoms with E-state index in [0.717, 1.165) is 16.7 Å². The molecule has 0 aliphatic carbocycles. The van der Waals surface area contributed by atoms with Gasteiger partial charge in [0, 0.05) is 6.54 Å². The van der Waals surface area contributed by atoms with E-state index >= 15 is 0 Å². The highest BCUT2D eigenvalue weighted by atomic mass is 16.5. The summed E-state index contributed by atoms with van der Waals surface area (Å²) in [6.45, 7) is 2.65. The number of hydrogen-bond acceptors (Lipinski definition) is 4. The van der Waals surface area contributed by atoms with Gasteiger partial charge in [-0.15, -0.1) is 0 Å². The number of methoxy groups -OCH3 is 1. The largest absolute Gasteiger partial charge is 0.465 e. The Bertz CT molecular complexity index is 769. The summed E-state index contributed by atoms with van der Waals surface area (Å²) in [4.78, 5) is 23.4. The van der Waals surface area contributed by atoms with Crippen molar-refractivity contribution in [1.29, 1.82) is 0 Å². The Morgan fingerprint density at radius 1 is 1.12 bits per heavy atom. The second kappa shape index (κ2) is 10.0. The molecule has 0 spiro atoms. The topological polar surface area (TPSA) is 64.6 Å². The molecule has 136 valence electrons. The zero-order valence-corrected chi connectivity index (χ0v) is 15.0. The lowest BCUT2D eigenvalue weighted by atomic mass is 10.0. The third-order valence-corrected chi connectivity index (χ3v) is 3.70. The summed E-state index contributed by atoms with van der Waals surface area (Å²) in [5, 5.41) is 2.70. The molecule has 0 heterocycles. The number of esters is 1. The normalized spacial score (nSPS) is 10.5. The Hall–Kier alpha value is -3.08. The molecule has 0 radical (unpaired) electrons. The molecule has 1 amide bonds. The Kier molecular flexibility index (Phi) is 7.43. The van der Waals surface area contributed by atoms with E-state index in [-0.39, 0.29) is 12.6 Å². The minimum atomic E-state index is -0.451. The lowest BCUT2D eigenvalue weighted by Crippen LogP contribution is -2.24. The highest BCUT2D eigenvalue weighted by Gasteiger charge is 2.09. The highest BCUT2D eigenvalue weighted by Crippen LogP contribution is 2.15. The number of rotatable bonds is 7. The Morgan fingerprint density at radius 3 is 2.62 bits per heavy atom. The monoisotopic (exact) mass is 353 g/mol. The first-order valence-electron chi connectivity index (χ1n) is 8.40. The van der Waals surface area contributed by atoms with Gasteiger partial charge in [0.05, 0.1) is 12.7 Å². The van der Waals surface area contributed by atoms with Crippen LogP contribution in [0.1, 0.15) is 33.5 Å². The first-order chi connectivity index (χ1) is 12.6. The van der Waals surface area contributed by atoms with E-state index < -0.39 is 6.09 Å². The van der Waals surface area contributed by atoms with Crippen LogP contribution < -0.4 is 5.32 Å². The maximum absolute atomic E-state index is 11.8. The van der Waals surface area contributed by atoms with Gasteiger partial charge in [0.2, 0.25) is 0 Å². The SMILES string of the molecule is COC(=O)c1ccc(C)cc1C=CCCNC(=O)OCc1ccccc1. The van der Waals surface area contributed by atoms with Crippen LogP contribution in [-0.4, -0.2) is 25.7 Å². The van der Waals surface area contributed by atoms with Gasteiger partial charge >= 0.3 is 12.1 Å². The van der Waals surface area contributed by atoms with Crippen LogP contribution in [0.5, 0.6) is 0 Å². The minimum absolute atomic E-state index is 0.244. The van der Waals surface area contributed by atoms with Gasteiger partial charge in [0.15, 0.2) is 0 Å². The zero-order chi connectivity index (χ0) is 18.8. The molecule has 5 heteroatoms. The molecule has 0 atom stereocenters. The molecule has 5 nitrogen and oxygen atoms in total. The molecule has 0 saturated carbocycles. The summed E-state index contributed by atoms with van der Waals surface area (Å²) in [7, 11) is 1.36. The third kappa shape index (κ3) is 6.09. The maximum Gasteiger partial charge on any atom is 0.407 e. The van der Waals surface area contributed by atoms with Gasteiger partial charge in [0.25, 0.3) is 0 Å². The van der Waals surface area contributed by atoms with E-state index in [1.807, 2.05) is 61.5 Å². The molecule has 0 saturated heterocycles. The summed E-state index contributed by atoms with van der Waals surface area (Å²) in [6.07, 6.45) is 3.93. The average molecular weight is 353 g/mol. The van der Waals surface area contributed by atoms with E-state index in [1.165, 1.54) is 7.11 Å². The molecule has 0 fully saturated rings. The second-order valence-electron chi connectivity index (χ2n) is 5.76. The van der Waals surface area contributed by atoms with Crippen LogP contribution in [0.3, 0.4) is 0 Å². The number of amides is 1. The molecule has 0 aromatic heterocycles. The number of carbonyl (C=O) groups excluding carboxylic acids is 2. The summed E-state index contributed by atoms with van der Waals surface area (Å²) in [5.41, 5.74) is 3.31. The molecule has 0 unspecified atom stereocenters. The number of hydrogen-bond donors (Lipinski definition) is 1. The zero-order valence-electron chi connectivity index (χ0n) is 15.0. The van der Waals surface area contributed by atoms with Crippen molar-refractivity contribution < 1.29 is 19.1 Å². The molecule has 0 bridgehead atoms. The van der Waals surface area contributed by atoms with Crippen molar-refractivity contribution >= 4 is 18.1 Å². The number of ether oxygens (including phenoxy) is 2. The van der Waals surface area contributed by atoms with Crippen molar-refractivity contribution in [3.05, 3.63) is 76.9 Å². The second-order valence-corrected chi connectivity index (χ2v) is 5.76. The number of nitrogens with one attached hydrogen (secondary N) is 1. The van der Waals surface area contributed by atoms with Crippen molar-refractivity contribution in [2.45, 2.75) is 20.0 Å². The van der Waals surface area contributed by atoms with E-state index in [4.69, 9.17) is 9.47 Å². The van der Waals surface area contributed by atoms with Gasteiger partial charge in [-0.2, -0.15) is 0 Å². The van der Waals surface area contributed by atoms with Crippen molar-refractivity contribution in [3.63, 3.8) is 0 Å². The molecule has 0 aliphatic heterocycles. The quantitative estimate of drug-likeness (QED) is 0.601. The Morgan fingerprint density at radius 2 is 1.88 bits per heavy atom. The molecule has 2 aromatic rings. The molecule has 2 rings (SSSR count). The molecular weight excluding hydrogens is 330 g/mol. The molecule has 0 aliphatic rings. The number of alkyl carbamates (subject to hydrolysis) is 1. The fourth-order valence-corrected chi connectivity index (χ4v) is 2.36. The lowest BCUT2D eigenvalue weighted by Gasteiger charge is -2.06. The fourth-order valence-electron chi connectivity index (χ4n) is 2.36. The predicted molar refractivity (Wildman–Crippen MR) is 101 cm³/mol. The molecule has 26 heavy (non-hydrogen) atoms. The lowest BCUT2D eigenvalue weighted by molar-refractivity contribution is 0.0600. The third-order valence-electron chi connectivity index (χ3n) is 3.70. The van der Waals surface area contributed by atoms with Gasteiger partial charge in [-0.25, -0.2) is 9.59 Å². The maximum atomic E-state index is 11.8. The standard InChI is InChI=1S/C21H23NO4/c1-16-11-12-19(20(23)25-2)18(14-16)10-6-7-13-22-21(24)26-15-17-8-4-3-5-9-17/h3-6,8-12,14H,7,13,15H2,1-2H3,(H,22,24). The highest BCUT2D eigenvalue weighted by molar-refractivity contribution is 5.93. The van der Waals surface area contributed by atoms with Gasteiger partial charge in [0.1, 0.15) is 6.61 Å². The summed E-state index contributed by atoms with van der Waals surface area (Å²) >= 11 is 0. The smallest absolute Gasteiger partial charge is 0.407 e. The van der Waals surface area contributed by atoms with Crippen LogP contribution in [0.2, 0.25) is 0 Å². The van der Waals surface area contributed by atoms with Crippen LogP contribution in [0.4, 0.5) is 4.79 Å². The van der Waals surface area contributed by atoms with Crippen LogP contribution >= 0.6 is 0 Å². The first-order valence-corrected chi connectivity index (χ1v) is 8.40. The molecular formula is C21H23NO4. The summed E-state index contributed by atoms with van der Waals surface area (Å²) in [6, 6.07) is 15.0. The van der Waals surface area contributed by atoms with Crippen molar-refractivity contribution in [2.75, 3.05) is 13.7 Å². The van der Waals surface area contributed by atoms with Crippen molar-refractivity contribution in [2.24, 2.45) is 0 Å². The van der Waals surface area contributed by atoms with E-state index in [0.29, 0.717) is 18.5 Å². The number of aryl methyl sites for hydroxylation is 1. The number of benzene rings is 2. The first kappa shape index (κ1) is 19.2. The predicted octanol–water partition coefficient (Wildman–Crippen LogP) is 4.11. The van der Waals surface area contributed by atoms with Gasteiger partial charge in [-0.1, -0.05) is 60.2 Å². The van der Waals surface area contributed by atoms with Crippen molar-refractivity contribution in [1.82, 2.24) is 5.32 Å². The van der Waals surface area contributed by atoms with Crippen LogP contribution in [-0.2, 0) is 16.1 Å². The van der Waals surface area contributed by atoms with Gasteiger partial charge < -0.3 is 14.8 Å². The van der Waals surface area contributed by atoms with E-state index in [1.54, 1.807) is 6.07 Å². The van der Waals surface area contributed by atoms with E-state index in [2.05, 4.69) is 5.32 Å². The molecule has 2 aromatic carbocycles. The minimum Gasteiger partial charge on any atom is -0.465 e. The van der Waals surface area contributed by atoms with Crippen LogP contribution in [0.25, 0.3) is 6.08 Å². The summed E-state index contributed by atoms with van der Waals surface area (Å²) < 4.78 is 9.93. The van der Waals surface area contributed by atoms with Crippen molar-refractivity contribution in [3.8, 4) is 0 Å².